The Labute approximate surface area is 265 Å². The predicted molar refractivity (Wildman–Crippen MR) is 193 cm³/mol. The molecule has 0 aliphatic carbocycles. The van der Waals surface area contributed by atoms with Crippen molar-refractivity contribution in [2.24, 2.45) is 4.99 Å². The molecule has 2 nitrogen and oxygen atoms in total. The third-order valence-electron chi connectivity index (χ3n) is 10.1. The molecular formula is C43H36N2. The lowest BCUT2D eigenvalue weighted by atomic mass is 9.82. The van der Waals surface area contributed by atoms with E-state index < -0.39 is 0 Å². The van der Waals surface area contributed by atoms with Crippen molar-refractivity contribution in [1.29, 1.82) is 0 Å². The lowest BCUT2D eigenvalue weighted by Gasteiger charge is -2.41. The fourth-order valence-electron chi connectivity index (χ4n) is 7.19. The monoisotopic (exact) mass is 580 g/mol. The first-order valence-corrected chi connectivity index (χ1v) is 15.8. The zero-order valence-electron chi connectivity index (χ0n) is 26.3. The van der Waals surface area contributed by atoms with Gasteiger partial charge in [0.1, 0.15) is 5.84 Å². The zero-order valence-corrected chi connectivity index (χ0v) is 26.3. The van der Waals surface area contributed by atoms with Crippen molar-refractivity contribution in [1.82, 2.24) is 0 Å². The van der Waals surface area contributed by atoms with Crippen LogP contribution in [0.4, 0.5) is 5.69 Å². The van der Waals surface area contributed by atoms with Crippen molar-refractivity contribution in [2.75, 3.05) is 4.90 Å². The first kappa shape index (κ1) is 27.3. The van der Waals surface area contributed by atoms with E-state index in [2.05, 4.69) is 178 Å². The highest BCUT2D eigenvalue weighted by molar-refractivity contribution is 6.23. The summed E-state index contributed by atoms with van der Waals surface area (Å²) in [5.74, 6) is 1.02. The van der Waals surface area contributed by atoms with Crippen LogP contribution in [0.2, 0.25) is 0 Å². The SMILES string of the molecule is CC1(C)N=C(c2ccccc2)N(c2cccc(-c3c4ccccc4c(-c4cccc5ccccc45)c4ccccc34)c2)C1(C)C. The summed E-state index contributed by atoms with van der Waals surface area (Å²) in [6.45, 7) is 9.10. The summed E-state index contributed by atoms with van der Waals surface area (Å²) in [4.78, 5) is 7.76. The molecule has 0 saturated carbocycles. The number of hydrogen-bond acceptors (Lipinski definition) is 2. The van der Waals surface area contributed by atoms with Gasteiger partial charge in [-0.1, -0.05) is 133 Å². The third-order valence-corrected chi connectivity index (χ3v) is 10.1. The standard InChI is InChI=1S/C43H36N2/c1-42(2)43(3,4)45(41(44-42)30-17-6-5-7-18-30)32-21-14-20-31(28-32)39-35-23-10-12-25-37(35)40(38-26-13-11-24-36(38)39)34-27-15-19-29-16-8-9-22-33(29)34/h5-28H,1-4H3. The Bertz CT molecular complexity index is 2210. The molecule has 1 aliphatic rings. The van der Waals surface area contributed by atoms with Crippen molar-refractivity contribution in [3.63, 3.8) is 0 Å². The fourth-order valence-corrected chi connectivity index (χ4v) is 7.19. The van der Waals surface area contributed by atoms with E-state index in [1.54, 1.807) is 0 Å². The van der Waals surface area contributed by atoms with Crippen molar-refractivity contribution >= 4 is 43.8 Å². The van der Waals surface area contributed by atoms with Crippen LogP contribution in [-0.2, 0) is 0 Å². The van der Waals surface area contributed by atoms with Gasteiger partial charge >= 0.3 is 0 Å². The maximum absolute atomic E-state index is 5.32. The normalized spacial score (nSPS) is 15.6. The van der Waals surface area contributed by atoms with Crippen LogP contribution in [0.1, 0.15) is 33.3 Å². The summed E-state index contributed by atoms with van der Waals surface area (Å²) >= 11 is 0. The van der Waals surface area contributed by atoms with Gasteiger partial charge in [0, 0.05) is 11.3 Å². The number of nitrogens with zero attached hydrogens (tertiary/aromatic N) is 2. The molecule has 0 aromatic heterocycles. The Morgan fingerprint density at radius 2 is 0.978 bits per heavy atom. The van der Waals surface area contributed by atoms with Gasteiger partial charge in [-0.25, -0.2) is 0 Å². The zero-order chi connectivity index (χ0) is 30.8. The van der Waals surface area contributed by atoms with Gasteiger partial charge in [0.25, 0.3) is 0 Å². The van der Waals surface area contributed by atoms with Crippen LogP contribution < -0.4 is 4.90 Å². The molecule has 45 heavy (non-hydrogen) atoms. The van der Waals surface area contributed by atoms with E-state index in [1.807, 2.05) is 0 Å². The van der Waals surface area contributed by atoms with Crippen LogP contribution in [0.15, 0.2) is 151 Å². The highest BCUT2D eigenvalue weighted by Gasteiger charge is 2.49. The van der Waals surface area contributed by atoms with Gasteiger partial charge in [0.05, 0.1) is 11.1 Å². The van der Waals surface area contributed by atoms with Crippen molar-refractivity contribution in [3.8, 4) is 22.3 Å². The highest BCUT2D eigenvalue weighted by atomic mass is 15.3. The minimum Gasteiger partial charge on any atom is -0.318 e. The molecule has 1 heterocycles. The average Bonchev–Trinajstić information content (AvgIpc) is 3.26. The van der Waals surface area contributed by atoms with E-state index >= 15 is 0 Å². The Morgan fingerprint density at radius 1 is 0.467 bits per heavy atom. The second-order valence-corrected chi connectivity index (χ2v) is 13.2. The van der Waals surface area contributed by atoms with Crippen LogP contribution >= 0.6 is 0 Å². The Hall–Kier alpha value is -5.21. The van der Waals surface area contributed by atoms with Gasteiger partial charge in [0.2, 0.25) is 0 Å². The van der Waals surface area contributed by atoms with E-state index in [4.69, 9.17) is 4.99 Å². The lowest BCUT2D eigenvalue weighted by molar-refractivity contribution is 0.338. The molecule has 0 atom stereocenters. The molecule has 0 radical (unpaired) electrons. The smallest absolute Gasteiger partial charge is 0.136 e. The van der Waals surface area contributed by atoms with Gasteiger partial charge in [-0.05, 0) is 94.4 Å². The second-order valence-electron chi connectivity index (χ2n) is 13.2. The Morgan fingerprint density at radius 3 is 1.64 bits per heavy atom. The second kappa shape index (κ2) is 10.2. The quantitative estimate of drug-likeness (QED) is 0.189. The summed E-state index contributed by atoms with van der Waals surface area (Å²) in [6, 6.07) is 52.9. The molecule has 7 aromatic carbocycles. The molecule has 0 unspecified atom stereocenters. The van der Waals surface area contributed by atoms with E-state index in [1.165, 1.54) is 54.6 Å². The minimum absolute atomic E-state index is 0.237. The van der Waals surface area contributed by atoms with E-state index in [0.717, 1.165) is 17.1 Å². The number of rotatable bonds is 4. The van der Waals surface area contributed by atoms with Crippen molar-refractivity contribution in [3.05, 3.63) is 151 Å². The van der Waals surface area contributed by atoms with E-state index in [0.29, 0.717) is 0 Å². The molecule has 8 rings (SSSR count). The van der Waals surface area contributed by atoms with Crippen LogP contribution in [-0.4, -0.2) is 16.9 Å². The van der Waals surface area contributed by atoms with Gasteiger partial charge in [0.15, 0.2) is 0 Å². The van der Waals surface area contributed by atoms with Gasteiger partial charge in [-0.3, -0.25) is 4.99 Å². The van der Waals surface area contributed by atoms with Crippen molar-refractivity contribution in [2.45, 2.75) is 38.8 Å². The number of amidine groups is 1. The maximum atomic E-state index is 5.32. The van der Waals surface area contributed by atoms with Crippen molar-refractivity contribution < 1.29 is 0 Å². The lowest BCUT2D eigenvalue weighted by Crippen LogP contribution is -2.53. The fraction of sp³-hybridized carbons (Fsp3) is 0.140. The molecule has 0 bridgehead atoms. The van der Waals surface area contributed by atoms with Gasteiger partial charge in [-0.2, -0.15) is 0 Å². The summed E-state index contributed by atoms with van der Waals surface area (Å²) < 4.78 is 0. The molecule has 0 N–H and O–H groups in total. The molecule has 1 aliphatic heterocycles. The minimum atomic E-state index is -0.270. The van der Waals surface area contributed by atoms with Crippen LogP contribution in [0.25, 0.3) is 54.6 Å². The van der Waals surface area contributed by atoms with E-state index in [9.17, 15) is 0 Å². The molecule has 0 spiro atoms. The molecule has 2 heteroatoms. The van der Waals surface area contributed by atoms with Gasteiger partial charge in [-0.15, -0.1) is 0 Å². The predicted octanol–water partition coefficient (Wildman–Crippen LogP) is 11.3. The number of hydrogen-bond donors (Lipinski definition) is 0. The Kier molecular flexibility index (Phi) is 6.18. The Balaban J connectivity index is 1.39. The van der Waals surface area contributed by atoms with Crippen LogP contribution in [0.3, 0.4) is 0 Å². The molecule has 0 fully saturated rings. The topological polar surface area (TPSA) is 15.6 Å². The average molecular weight is 581 g/mol. The first-order chi connectivity index (χ1) is 21.8. The number of aliphatic imine (C=N–C) groups is 1. The molecule has 7 aromatic rings. The molecule has 0 amide bonds. The third kappa shape index (κ3) is 4.20. The summed E-state index contributed by atoms with van der Waals surface area (Å²) in [6.07, 6.45) is 0. The van der Waals surface area contributed by atoms with Crippen LogP contribution in [0.5, 0.6) is 0 Å². The summed E-state index contributed by atoms with van der Waals surface area (Å²) in [7, 11) is 0. The maximum Gasteiger partial charge on any atom is 0.136 e. The molecular weight excluding hydrogens is 544 g/mol. The largest absolute Gasteiger partial charge is 0.318 e. The highest BCUT2D eigenvalue weighted by Crippen LogP contribution is 2.47. The number of fused-ring (bicyclic) bond motifs is 3. The molecule has 218 valence electrons. The van der Waals surface area contributed by atoms with E-state index in [-0.39, 0.29) is 11.1 Å². The van der Waals surface area contributed by atoms with Gasteiger partial charge < -0.3 is 4.90 Å². The van der Waals surface area contributed by atoms with Crippen LogP contribution in [0, 0.1) is 0 Å². The number of benzene rings is 7. The number of anilines is 1. The molecule has 0 saturated heterocycles. The first-order valence-electron chi connectivity index (χ1n) is 15.8. The summed E-state index contributed by atoms with van der Waals surface area (Å²) in [5.41, 5.74) is 6.81. The summed E-state index contributed by atoms with van der Waals surface area (Å²) in [5, 5.41) is 7.58.